The molecule has 0 radical (unpaired) electrons. The van der Waals surface area contributed by atoms with Crippen LogP contribution in [0.2, 0.25) is 0 Å². The number of rotatable bonds is 9. The highest BCUT2D eigenvalue weighted by Crippen LogP contribution is 2.27. The van der Waals surface area contributed by atoms with Crippen LogP contribution in [0.4, 0.5) is 0 Å². The number of thiophene rings is 1. The second-order valence-corrected chi connectivity index (χ2v) is 6.35. The zero-order valence-corrected chi connectivity index (χ0v) is 15.1. The molecule has 3 N–H and O–H groups in total. The van der Waals surface area contributed by atoms with Crippen LogP contribution in [0.5, 0.6) is 11.5 Å². The van der Waals surface area contributed by atoms with Crippen molar-refractivity contribution in [1.29, 1.82) is 0 Å². The minimum absolute atomic E-state index is 0.513. The second-order valence-electron chi connectivity index (χ2n) is 5.32. The van der Waals surface area contributed by atoms with Gasteiger partial charge in [-0.1, -0.05) is 12.1 Å². The predicted molar refractivity (Wildman–Crippen MR) is 100 cm³/mol. The largest absolute Gasteiger partial charge is 0.493 e. The summed E-state index contributed by atoms with van der Waals surface area (Å²) in [4.78, 5) is 5.72. The Balaban J connectivity index is 1.69. The Morgan fingerprint density at radius 2 is 2.00 bits per heavy atom. The third kappa shape index (κ3) is 5.77. The lowest BCUT2D eigenvalue weighted by atomic mass is 10.1. The highest BCUT2D eigenvalue weighted by Gasteiger charge is 2.04. The van der Waals surface area contributed by atoms with Crippen LogP contribution in [-0.2, 0) is 12.8 Å². The van der Waals surface area contributed by atoms with Gasteiger partial charge in [-0.15, -0.1) is 11.3 Å². The van der Waals surface area contributed by atoms with Gasteiger partial charge in [0.05, 0.1) is 14.2 Å². The lowest BCUT2D eigenvalue weighted by Crippen LogP contribution is -2.33. The highest BCUT2D eigenvalue weighted by molar-refractivity contribution is 7.09. The molecule has 0 amide bonds. The number of aliphatic imine (C=N–C) groups is 1. The van der Waals surface area contributed by atoms with Crippen molar-refractivity contribution < 1.29 is 9.47 Å². The van der Waals surface area contributed by atoms with E-state index >= 15 is 0 Å². The molecule has 1 aromatic heterocycles. The topological polar surface area (TPSA) is 68.9 Å². The number of methoxy groups -OCH3 is 2. The minimum atomic E-state index is 0.513. The van der Waals surface area contributed by atoms with E-state index in [1.165, 1.54) is 10.4 Å². The van der Waals surface area contributed by atoms with Gasteiger partial charge in [-0.3, -0.25) is 4.99 Å². The SMILES string of the molecule is COc1ccc(CCCN=C(N)NCCc2cccs2)cc1OC. The standard InChI is InChI=1S/C18H25N3O2S/c1-22-16-8-7-14(13-17(16)23-2)5-3-10-20-18(19)21-11-9-15-6-4-12-24-15/h4,6-8,12-13H,3,5,9-11H2,1-2H3,(H3,19,20,21). The van der Waals surface area contributed by atoms with Gasteiger partial charge in [0.1, 0.15) is 0 Å². The molecule has 0 saturated carbocycles. The fraction of sp³-hybridized carbons (Fsp3) is 0.389. The van der Waals surface area contributed by atoms with Gasteiger partial charge in [0, 0.05) is 18.0 Å². The van der Waals surface area contributed by atoms with Crippen LogP contribution >= 0.6 is 11.3 Å². The molecule has 2 aromatic rings. The molecule has 6 heteroatoms. The molecule has 5 nitrogen and oxygen atoms in total. The average Bonchev–Trinajstić information content (AvgIpc) is 3.12. The normalized spacial score (nSPS) is 11.3. The minimum Gasteiger partial charge on any atom is -0.493 e. The first-order chi connectivity index (χ1) is 11.7. The molecular weight excluding hydrogens is 322 g/mol. The summed E-state index contributed by atoms with van der Waals surface area (Å²) < 4.78 is 10.6. The van der Waals surface area contributed by atoms with Crippen molar-refractivity contribution in [3.05, 3.63) is 46.2 Å². The summed E-state index contributed by atoms with van der Waals surface area (Å²) in [6.45, 7) is 1.51. The van der Waals surface area contributed by atoms with Crippen LogP contribution in [0.3, 0.4) is 0 Å². The van der Waals surface area contributed by atoms with Gasteiger partial charge in [0.2, 0.25) is 0 Å². The fourth-order valence-corrected chi connectivity index (χ4v) is 3.05. The van der Waals surface area contributed by atoms with Gasteiger partial charge in [0.25, 0.3) is 0 Å². The Labute approximate surface area is 147 Å². The molecule has 0 aliphatic rings. The molecule has 0 atom stereocenters. The van der Waals surface area contributed by atoms with Gasteiger partial charge < -0.3 is 20.5 Å². The number of benzene rings is 1. The molecule has 0 spiro atoms. The monoisotopic (exact) mass is 347 g/mol. The number of nitrogens with two attached hydrogens (primary N) is 1. The molecule has 0 aliphatic heterocycles. The maximum absolute atomic E-state index is 5.88. The lowest BCUT2D eigenvalue weighted by Gasteiger charge is -2.09. The Kier molecular flexibility index (Phi) is 7.42. The summed E-state index contributed by atoms with van der Waals surface area (Å²) in [5, 5.41) is 5.24. The zero-order chi connectivity index (χ0) is 17.2. The predicted octanol–water partition coefficient (Wildman–Crippen LogP) is 2.84. The molecule has 0 saturated heterocycles. The summed E-state index contributed by atoms with van der Waals surface area (Å²) in [6, 6.07) is 10.2. The second kappa shape index (κ2) is 9.82. The first-order valence-electron chi connectivity index (χ1n) is 8.00. The van der Waals surface area contributed by atoms with E-state index in [-0.39, 0.29) is 0 Å². The number of hydrogen-bond acceptors (Lipinski definition) is 4. The van der Waals surface area contributed by atoms with Crippen LogP contribution in [-0.4, -0.2) is 33.3 Å². The first kappa shape index (κ1) is 18.1. The summed E-state index contributed by atoms with van der Waals surface area (Å²) >= 11 is 1.76. The average molecular weight is 347 g/mol. The third-order valence-electron chi connectivity index (χ3n) is 3.61. The Morgan fingerprint density at radius 1 is 1.17 bits per heavy atom. The van der Waals surface area contributed by atoms with Crippen molar-refractivity contribution >= 4 is 17.3 Å². The van der Waals surface area contributed by atoms with E-state index in [4.69, 9.17) is 15.2 Å². The summed E-state index contributed by atoms with van der Waals surface area (Å²) in [6.07, 6.45) is 2.83. The molecule has 0 fully saturated rings. The molecular formula is C18H25N3O2S. The Bertz CT molecular complexity index is 642. The molecule has 0 bridgehead atoms. The van der Waals surface area contributed by atoms with Crippen LogP contribution in [0, 0.1) is 0 Å². The quantitative estimate of drug-likeness (QED) is 0.416. The van der Waals surface area contributed by atoms with Gasteiger partial charge in [-0.25, -0.2) is 0 Å². The number of guanidine groups is 1. The van der Waals surface area contributed by atoms with Gasteiger partial charge in [0.15, 0.2) is 17.5 Å². The summed E-state index contributed by atoms with van der Waals surface area (Å²) in [5.74, 6) is 2.02. The molecule has 130 valence electrons. The number of nitrogens with zero attached hydrogens (tertiary/aromatic N) is 1. The highest BCUT2D eigenvalue weighted by atomic mass is 32.1. The zero-order valence-electron chi connectivity index (χ0n) is 14.2. The van der Waals surface area contributed by atoms with Crippen LogP contribution in [0.15, 0.2) is 40.7 Å². The van der Waals surface area contributed by atoms with Crippen LogP contribution in [0.1, 0.15) is 16.9 Å². The number of nitrogens with one attached hydrogen (secondary N) is 1. The van der Waals surface area contributed by atoms with Crippen LogP contribution in [0.25, 0.3) is 0 Å². The number of ether oxygens (including phenoxy) is 2. The smallest absolute Gasteiger partial charge is 0.188 e. The van der Waals surface area contributed by atoms with Crippen molar-refractivity contribution in [3.8, 4) is 11.5 Å². The molecule has 0 unspecified atom stereocenters. The molecule has 24 heavy (non-hydrogen) atoms. The van der Waals surface area contributed by atoms with E-state index in [9.17, 15) is 0 Å². The van der Waals surface area contributed by atoms with Crippen molar-refractivity contribution in [2.75, 3.05) is 27.3 Å². The Morgan fingerprint density at radius 3 is 2.71 bits per heavy atom. The summed E-state index contributed by atoms with van der Waals surface area (Å²) in [7, 11) is 3.29. The molecule has 1 heterocycles. The van der Waals surface area contributed by atoms with Crippen molar-refractivity contribution in [2.45, 2.75) is 19.3 Å². The summed E-state index contributed by atoms with van der Waals surface area (Å²) in [5.41, 5.74) is 7.08. The van der Waals surface area contributed by atoms with Crippen LogP contribution < -0.4 is 20.5 Å². The van der Waals surface area contributed by atoms with E-state index in [1.54, 1.807) is 25.6 Å². The van der Waals surface area contributed by atoms with Gasteiger partial charge in [-0.05, 0) is 48.4 Å². The van der Waals surface area contributed by atoms with E-state index in [1.807, 2.05) is 18.2 Å². The first-order valence-corrected chi connectivity index (χ1v) is 8.88. The fourth-order valence-electron chi connectivity index (χ4n) is 2.34. The lowest BCUT2D eigenvalue weighted by molar-refractivity contribution is 0.354. The van der Waals surface area contributed by atoms with E-state index < -0.39 is 0 Å². The van der Waals surface area contributed by atoms with Crippen molar-refractivity contribution in [1.82, 2.24) is 5.32 Å². The van der Waals surface area contributed by atoms with E-state index in [0.717, 1.165) is 37.3 Å². The van der Waals surface area contributed by atoms with E-state index in [2.05, 4.69) is 27.8 Å². The van der Waals surface area contributed by atoms with Crippen molar-refractivity contribution in [3.63, 3.8) is 0 Å². The number of hydrogen-bond donors (Lipinski definition) is 2. The number of aryl methyl sites for hydroxylation is 1. The van der Waals surface area contributed by atoms with E-state index in [0.29, 0.717) is 12.5 Å². The van der Waals surface area contributed by atoms with Crippen molar-refractivity contribution in [2.24, 2.45) is 10.7 Å². The third-order valence-corrected chi connectivity index (χ3v) is 4.55. The van der Waals surface area contributed by atoms with Gasteiger partial charge >= 0.3 is 0 Å². The molecule has 0 aliphatic carbocycles. The molecule has 1 aromatic carbocycles. The molecule has 2 rings (SSSR count). The van der Waals surface area contributed by atoms with Gasteiger partial charge in [-0.2, -0.15) is 0 Å². The maximum atomic E-state index is 5.88. The maximum Gasteiger partial charge on any atom is 0.188 e. The Hall–Kier alpha value is -2.21.